The monoisotopic (exact) mass is 200 g/mol. The van der Waals surface area contributed by atoms with E-state index in [9.17, 15) is 9.59 Å². The van der Waals surface area contributed by atoms with Crippen LogP contribution in [0.1, 0.15) is 27.2 Å². The average molecular weight is 200 g/mol. The van der Waals surface area contributed by atoms with E-state index in [2.05, 4.69) is 0 Å². The molecule has 0 bridgehead atoms. The Morgan fingerprint density at radius 3 is 2.36 bits per heavy atom. The summed E-state index contributed by atoms with van der Waals surface area (Å²) in [6.45, 7) is 5.42. The third kappa shape index (κ3) is 4.07. The molecular weight excluding hydrogens is 184 g/mol. The molecule has 0 aliphatic heterocycles. The highest BCUT2D eigenvalue weighted by Gasteiger charge is 2.27. The first kappa shape index (κ1) is 12.7. The van der Waals surface area contributed by atoms with Crippen LogP contribution in [0.2, 0.25) is 0 Å². The zero-order valence-electron chi connectivity index (χ0n) is 8.78. The van der Waals surface area contributed by atoms with Crippen molar-refractivity contribution in [3.63, 3.8) is 0 Å². The van der Waals surface area contributed by atoms with Gasteiger partial charge in [-0.25, -0.2) is 0 Å². The largest absolute Gasteiger partial charge is 0.465 e. The molecule has 0 saturated heterocycles. The molecule has 0 N–H and O–H groups in total. The van der Waals surface area contributed by atoms with E-state index in [0.717, 1.165) is 0 Å². The second-order valence-electron chi connectivity index (χ2n) is 2.62. The summed E-state index contributed by atoms with van der Waals surface area (Å²) in [5.74, 6) is -1.90. The molecule has 1 unspecified atom stereocenters. The molecule has 0 radical (unpaired) electrons. The minimum absolute atomic E-state index is 0.270. The lowest BCUT2D eigenvalue weighted by molar-refractivity contribution is -0.158. The van der Waals surface area contributed by atoms with Crippen molar-refractivity contribution in [2.45, 2.75) is 27.2 Å². The highest BCUT2D eigenvalue weighted by Crippen LogP contribution is 2.08. The fourth-order valence-corrected chi connectivity index (χ4v) is 0.890. The molecule has 1 atom stereocenters. The molecule has 4 heteroatoms. The quantitative estimate of drug-likeness (QED) is 0.384. The van der Waals surface area contributed by atoms with Crippen LogP contribution in [0.15, 0.2) is 12.3 Å². The van der Waals surface area contributed by atoms with Gasteiger partial charge in [0, 0.05) is 0 Å². The van der Waals surface area contributed by atoms with Gasteiger partial charge in [0.05, 0.1) is 12.9 Å². The van der Waals surface area contributed by atoms with Crippen molar-refractivity contribution < 1.29 is 19.1 Å². The number of rotatable bonds is 5. The summed E-state index contributed by atoms with van der Waals surface area (Å²) in [6, 6.07) is 0. The van der Waals surface area contributed by atoms with E-state index in [0.29, 0.717) is 6.42 Å². The van der Waals surface area contributed by atoms with Gasteiger partial charge in [0.15, 0.2) is 5.92 Å². The van der Waals surface area contributed by atoms with Crippen LogP contribution in [-0.2, 0) is 19.1 Å². The Morgan fingerprint density at radius 2 is 1.93 bits per heavy atom. The van der Waals surface area contributed by atoms with Gasteiger partial charge in [-0.1, -0.05) is 13.0 Å². The molecule has 0 aromatic heterocycles. The molecule has 80 valence electrons. The number of carbonyl (C=O) groups excluding carboxylic acids is 2. The van der Waals surface area contributed by atoms with Crippen molar-refractivity contribution in [1.82, 2.24) is 0 Å². The molecule has 0 saturated carbocycles. The molecule has 0 rings (SSSR count). The third-order valence-electron chi connectivity index (χ3n) is 1.58. The van der Waals surface area contributed by atoms with E-state index in [1.807, 2.05) is 0 Å². The summed E-state index contributed by atoms with van der Waals surface area (Å²) in [5, 5.41) is 0. The summed E-state index contributed by atoms with van der Waals surface area (Å²) >= 11 is 0. The molecule has 0 fully saturated rings. The normalized spacial score (nSPS) is 12.5. The number of allylic oxidation sites excluding steroid dienone is 1. The van der Waals surface area contributed by atoms with Crippen molar-refractivity contribution in [1.29, 1.82) is 0 Å². The maximum absolute atomic E-state index is 11.3. The first-order valence-electron chi connectivity index (χ1n) is 4.65. The third-order valence-corrected chi connectivity index (χ3v) is 1.58. The Labute approximate surface area is 83.9 Å². The van der Waals surface area contributed by atoms with Crippen LogP contribution < -0.4 is 0 Å². The van der Waals surface area contributed by atoms with Crippen LogP contribution in [0.3, 0.4) is 0 Å². The van der Waals surface area contributed by atoms with Crippen LogP contribution >= 0.6 is 0 Å². The molecule has 14 heavy (non-hydrogen) atoms. The maximum atomic E-state index is 11.3. The first-order valence-corrected chi connectivity index (χ1v) is 4.65. The summed E-state index contributed by atoms with van der Waals surface area (Å²) in [6.07, 6.45) is 3.22. The molecular formula is C10H16O4. The second kappa shape index (κ2) is 7.12. The Kier molecular flexibility index (Phi) is 6.45. The molecule has 0 heterocycles. The van der Waals surface area contributed by atoms with E-state index in [1.165, 1.54) is 6.26 Å². The Bertz CT molecular complexity index is 220. The standard InChI is InChI=1S/C10H16O4/c1-4-7-14-10(12)8(5-2)9(11)13-6-3/h4,7-8H,5-6H2,1-3H3. The van der Waals surface area contributed by atoms with Gasteiger partial charge < -0.3 is 9.47 Å². The summed E-state index contributed by atoms with van der Waals surface area (Å²) in [5.41, 5.74) is 0. The first-order chi connectivity index (χ1) is 6.67. The van der Waals surface area contributed by atoms with E-state index >= 15 is 0 Å². The van der Waals surface area contributed by atoms with Gasteiger partial charge in [-0.05, 0) is 20.3 Å². The maximum Gasteiger partial charge on any atom is 0.325 e. The molecule has 0 aliphatic rings. The molecule has 0 aromatic rings. The van der Waals surface area contributed by atoms with Gasteiger partial charge in [0.1, 0.15) is 0 Å². The zero-order chi connectivity index (χ0) is 11.0. The van der Waals surface area contributed by atoms with Gasteiger partial charge in [-0.15, -0.1) is 0 Å². The van der Waals surface area contributed by atoms with Crippen LogP contribution in [0.25, 0.3) is 0 Å². The summed E-state index contributed by atoms with van der Waals surface area (Å²) in [4.78, 5) is 22.5. The fraction of sp³-hybridized carbons (Fsp3) is 0.600. The van der Waals surface area contributed by atoms with E-state index < -0.39 is 17.9 Å². The average Bonchev–Trinajstić information content (AvgIpc) is 2.16. The van der Waals surface area contributed by atoms with Crippen LogP contribution in [-0.4, -0.2) is 18.5 Å². The predicted molar refractivity (Wildman–Crippen MR) is 51.3 cm³/mol. The number of ether oxygens (including phenoxy) is 2. The van der Waals surface area contributed by atoms with Crippen molar-refractivity contribution in [3.8, 4) is 0 Å². The van der Waals surface area contributed by atoms with E-state index in [-0.39, 0.29) is 6.61 Å². The Balaban J connectivity index is 4.24. The fourth-order valence-electron chi connectivity index (χ4n) is 0.890. The molecule has 0 aliphatic carbocycles. The predicted octanol–water partition coefficient (Wildman–Crippen LogP) is 1.65. The highest BCUT2D eigenvalue weighted by molar-refractivity contribution is 5.95. The zero-order valence-corrected chi connectivity index (χ0v) is 8.78. The lowest BCUT2D eigenvalue weighted by Crippen LogP contribution is -2.26. The number of hydrogen-bond acceptors (Lipinski definition) is 4. The number of carbonyl (C=O) groups is 2. The minimum atomic E-state index is -0.814. The summed E-state index contributed by atoms with van der Waals surface area (Å²) < 4.78 is 9.42. The number of hydrogen-bond donors (Lipinski definition) is 0. The van der Waals surface area contributed by atoms with Crippen molar-refractivity contribution in [2.24, 2.45) is 5.92 Å². The summed E-state index contributed by atoms with van der Waals surface area (Å²) in [7, 11) is 0. The highest BCUT2D eigenvalue weighted by atomic mass is 16.5. The second-order valence-corrected chi connectivity index (χ2v) is 2.62. The van der Waals surface area contributed by atoms with Crippen molar-refractivity contribution in [2.75, 3.05) is 6.61 Å². The lowest BCUT2D eigenvalue weighted by atomic mass is 10.1. The van der Waals surface area contributed by atoms with Crippen LogP contribution in [0.5, 0.6) is 0 Å². The minimum Gasteiger partial charge on any atom is -0.465 e. The van der Waals surface area contributed by atoms with Gasteiger partial charge in [0.25, 0.3) is 0 Å². The van der Waals surface area contributed by atoms with Gasteiger partial charge >= 0.3 is 11.9 Å². The lowest BCUT2D eigenvalue weighted by Gasteiger charge is -2.10. The van der Waals surface area contributed by atoms with Gasteiger partial charge in [-0.3, -0.25) is 9.59 Å². The molecule has 0 aromatic carbocycles. The van der Waals surface area contributed by atoms with Crippen molar-refractivity contribution >= 4 is 11.9 Å². The SMILES string of the molecule is CC=COC(=O)C(CC)C(=O)OCC. The molecule has 0 spiro atoms. The van der Waals surface area contributed by atoms with Crippen LogP contribution in [0, 0.1) is 5.92 Å². The number of esters is 2. The Hall–Kier alpha value is -1.32. The van der Waals surface area contributed by atoms with Crippen molar-refractivity contribution in [3.05, 3.63) is 12.3 Å². The molecule has 0 amide bonds. The van der Waals surface area contributed by atoms with E-state index in [1.54, 1.807) is 26.8 Å². The molecule has 4 nitrogen and oxygen atoms in total. The van der Waals surface area contributed by atoms with Crippen LogP contribution in [0.4, 0.5) is 0 Å². The Morgan fingerprint density at radius 1 is 1.29 bits per heavy atom. The topological polar surface area (TPSA) is 52.6 Å². The van der Waals surface area contributed by atoms with Gasteiger partial charge in [-0.2, -0.15) is 0 Å². The smallest absolute Gasteiger partial charge is 0.325 e. The van der Waals surface area contributed by atoms with Gasteiger partial charge in [0.2, 0.25) is 0 Å². The van der Waals surface area contributed by atoms with E-state index in [4.69, 9.17) is 9.47 Å².